The van der Waals surface area contributed by atoms with E-state index in [9.17, 15) is 4.79 Å². The maximum absolute atomic E-state index is 11.5. The van der Waals surface area contributed by atoms with E-state index >= 15 is 0 Å². The standard InChI is InChI=1S/C9H18N2O3/c1-6(5-12)11-9(13)8-3-2-7(4-10)14-8/h6-8,12H,2-5,10H2,1H3,(H,11,13)/t6-,7?,8?/m0/s1. The van der Waals surface area contributed by atoms with Gasteiger partial charge in [0.2, 0.25) is 5.91 Å². The molecule has 1 heterocycles. The van der Waals surface area contributed by atoms with Crippen molar-refractivity contribution < 1.29 is 14.6 Å². The average Bonchev–Trinajstić information content (AvgIpc) is 2.65. The summed E-state index contributed by atoms with van der Waals surface area (Å²) in [6, 6.07) is -0.219. The third-order valence-electron chi connectivity index (χ3n) is 2.33. The Morgan fingerprint density at radius 2 is 2.43 bits per heavy atom. The molecule has 3 atom stereocenters. The summed E-state index contributed by atoms with van der Waals surface area (Å²) in [6.45, 7) is 2.14. The first kappa shape index (κ1) is 11.4. The Bertz CT molecular complexity index is 198. The number of aliphatic hydroxyl groups excluding tert-OH is 1. The van der Waals surface area contributed by atoms with Crippen molar-refractivity contribution in [2.24, 2.45) is 5.73 Å². The lowest BCUT2D eigenvalue weighted by Gasteiger charge is -2.15. The van der Waals surface area contributed by atoms with Gasteiger partial charge in [-0.3, -0.25) is 4.79 Å². The molecule has 5 nitrogen and oxygen atoms in total. The van der Waals surface area contributed by atoms with Gasteiger partial charge in [0.1, 0.15) is 6.10 Å². The van der Waals surface area contributed by atoms with E-state index < -0.39 is 6.10 Å². The topological polar surface area (TPSA) is 84.6 Å². The summed E-state index contributed by atoms with van der Waals surface area (Å²) < 4.78 is 5.40. The molecule has 0 bridgehead atoms. The monoisotopic (exact) mass is 202 g/mol. The maximum atomic E-state index is 11.5. The molecule has 5 heteroatoms. The predicted molar refractivity (Wildman–Crippen MR) is 51.6 cm³/mol. The Morgan fingerprint density at radius 1 is 1.71 bits per heavy atom. The molecule has 0 saturated carbocycles. The molecule has 0 aliphatic carbocycles. The molecule has 0 radical (unpaired) electrons. The Balaban J connectivity index is 2.32. The highest BCUT2D eigenvalue weighted by atomic mass is 16.5. The van der Waals surface area contributed by atoms with E-state index in [0.29, 0.717) is 13.0 Å². The van der Waals surface area contributed by atoms with Crippen LogP contribution in [0, 0.1) is 0 Å². The van der Waals surface area contributed by atoms with Crippen LogP contribution in [0.25, 0.3) is 0 Å². The molecule has 1 saturated heterocycles. The third kappa shape index (κ3) is 2.94. The molecule has 1 amide bonds. The van der Waals surface area contributed by atoms with Crippen LogP contribution in [0.4, 0.5) is 0 Å². The van der Waals surface area contributed by atoms with Gasteiger partial charge in [0.25, 0.3) is 0 Å². The maximum Gasteiger partial charge on any atom is 0.249 e. The largest absolute Gasteiger partial charge is 0.394 e. The van der Waals surface area contributed by atoms with Gasteiger partial charge in [-0.25, -0.2) is 0 Å². The minimum atomic E-state index is -0.391. The number of ether oxygens (including phenoxy) is 1. The van der Waals surface area contributed by atoms with E-state index in [1.165, 1.54) is 0 Å². The van der Waals surface area contributed by atoms with Gasteiger partial charge in [-0.15, -0.1) is 0 Å². The fraction of sp³-hybridized carbons (Fsp3) is 0.889. The highest BCUT2D eigenvalue weighted by Gasteiger charge is 2.30. The number of amides is 1. The number of nitrogens with one attached hydrogen (secondary N) is 1. The summed E-state index contributed by atoms with van der Waals surface area (Å²) in [6.07, 6.45) is 1.17. The van der Waals surface area contributed by atoms with Crippen LogP contribution in [-0.4, -0.2) is 42.4 Å². The molecule has 1 aliphatic heterocycles. The number of carbonyl (C=O) groups is 1. The smallest absolute Gasteiger partial charge is 0.249 e. The molecule has 1 aliphatic rings. The van der Waals surface area contributed by atoms with Gasteiger partial charge in [-0.1, -0.05) is 0 Å². The number of carbonyl (C=O) groups excluding carboxylic acids is 1. The van der Waals surface area contributed by atoms with Gasteiger partial charge in [0.05, 0.1) is 12.7 Å². The first-order chi connectivity index (χ1) is 6.67. The summed E-state index contributed by atoms with van der Waals surface area (Å²) in [5.41, 5.74) is 5.43. The van der Waals surface area contributed by atoms with Gasteiger partial charge < -0.3 is 20.9 Å². The number of hydrogen-bond acceptors (Lipinski definition) is 4. The summed E-state index contributed by atoms with van der Waals surface area (Å²) >= 11 is 0. The molecule has 0 aromatic heterocycles. The fourth-order valence-electron chi connectivity index (χ4n) is 1.45. The summed E-state index contributed by atoms with van der Waals surface area (Å²) in [5, 5.41) is 11.4. The van der Waals surface area contributed by atoms with E-state index in [-0.39, 0.29) is 24.7 Å². The van der Waals surface area contributed by atoms with Crippen LogP contribution >= 0.6 is 0 Å². The van der Waals surface area contributed by atoms with Crippen molar-refractivity contribution >= 4 is 5.91 Å². The summed E-state index contributed by atoms with van der Waals surface area (Å²) in [4.78, 5) is 11.5. The molecule has 2 unspecified atom stereocenters. The molecule has 0 aromatic carbocycles. The van der Waals surface area contributed by atoms with Crippen LogP contribution in [0.15, 0.2) is 0 Å². The summed E-state index contributed by atoms with van der Waals surface area (Å²) in [7, 11) is 0. The minimum absolute atomic E-state index is 0.00943. The van der Waals surface area contributed by atoms with Crippen LogP contribution in [-0.2, 0) is 9.53 Å². The second kappa shape index (κ2) is 5.29. The van der Waals surface area contributed by atoms with E-state index in [4.69, 9.17) is 15.6 Å². The molecular weight excluding hydrogens is 184 g/mol. The normalized spacial score (nSPS) is 28.8. The number of rotatable bonds is 4. The molecule has 0 spiro atoms. The van der Waals surface area contributed by atoms with Crippen molar-refractivity contribution in [1.29, 1.82) is 0 Å². The lowest BCUT2D eigenvalue weighted by Crippen LogP contribution is -2.42. The van der Waals surface area contributed by atoms with Crippen LogP contribution in [0.1, 0.15) is 19.8 Å². The van der Waals surface area contributed by atoms with Crippen LogP contribution in [0.2, 0.25) is 0 Å². The van der Waals surface area contributed by atoms with Crippen molar-refractivity contribution in [3.8, 4) is 0 Å². The second-order valence-electron chi connectivity index (χ2n) is 3.65. The zero-order valence-electron chi connectivity index (χ0n) is 8.40. The number of aliphatic hydroxyl groups is 1. The van der Waals surface area contributed by atoms with Crippen molar-refractivity contribution in [1.82, 2.24) is 5.32 Å². The van der Waals surface area contributed by atoms with Gasteiger partial charge >= 0.3 is 0 Å². The molecule has 1 fully saturated rings. The third-order valence-corrected chi connectivity index (χ3v) is 2.33. The van der Waals surface area contributed by atoms with E-state index in [2.05, 4.69) is 5.32 Å². The number of nitrogens with two attached hydrogens (primary N) is 1. The highest BCUT2D eigenvalue weighted by molar-refractivity contribution is 5.81. The van der Waals surface area contributed by atoms with Crippen LogP contribution in [0.5, 0.6) is 0 Å². The van der Waals surface area contributed by atoms with Gasteiger partial charge in [-0.2, -0.15) is 0 Å². The fourth-order valence-corrected chi connectivity index (χ4v) is 1.45. The Morgan fingerprint density at radius 3 is 2.93 bits per heavy atom. The quantitative estimate of drug-likeness (QED) is 0.545. The lowest BCUT2D eigenvalue weighted by atomic mass is 10.2. The first-order valence-corrected chi connectivity index (χ1v) is 4.94. The minimum Gasteiger partial charge on any atom is -0.394 e. The number of hydrogen-bond donors (Lipinski definition) is 3. The molecule has 82 valence electrons. The van der Waals surface area contributed by atoms with Crippen molar-refractivity contribution in [3.63, 3.8) is 0 Å². The van der Waals surface area contributed by atoms with Crippen molar-refractivity contribution in [2.75, 3.05) is 13.2 Å². The molecule has 4 N–H and O–H groups in total. The Labute approximate surface area is 83.6 Å². The van der Waals surface area contributed by atoms with E-state index in [0.717, 1.165) is 6.42 Å². The SMILES string of the molecule is C[C@@H](CO)NC(=O)C1CCC(CN)O1. The average molecular weight is 202 g/mol. The first-order valence-electron chi connectivity index (χ1n) is 4.94. The van der Waals surface area contributed by atoms with E-state index in [1.807, 2.05) is 0 Å². The molecular formula is C9H18N2O3. The lowest BCUT2D eigenvalue weighted by molar-refractivity contribution is -0.132. The van der Waals surface area contributed by atoms with Gasteiger partial charge in [0.15, 0.2) is 0 Å². The zero-order valence-corrected chi connectivity index (χ0v) is 8.40. The second-order valence-corrected chi connectivity index (χ2v) is 3.65. The summed E-state index contributed by atoms with van der Waals surface area (Å²) in [5.74, 6) is -0.150. The van der Waals surface area contributed by atoms with Gasteiger partial charge in [0, 0.05) is 12.6 Å². The Kier molecular flexibility index (Phi) is 4.31. The predicted octanol–water partition coefficient (Wildman–Crippen LogP) is -1.01. The Hall–Kier alpha value is -0.650. The van der Waals surface area contributed by atoms with Gasteiger partial charge in [-0.05, 0) is 19.8 Å². The van der Waals surface area contributed by atoms with Crippen LogP contribution < -0.4 is 11.1 Å². The van der Waals surface area contributed by atoms with Crippen LogP contribution in [0.3, 0.4) is 0 Å². The molecule has 1 rings (SSSR count). The zero-order chi connectivity index (χ0) is 10.6. The van der Waals surface area contributed by atoms with Crippen molar-refractivity contribution in [2.45, 2.75) is 38.0 Å². The molecule has 14 heavy (non-hydrogen) atoms. The highest BCUT2D eigenvalue weighted by Crippen LogP contribution is 2.18. The van der Waals surface area contributed by atoms with Crippen molar-refractivity contribution in [3.05, 3.63) is 0 Å². The van der Waals surface area contributed by atoms with E-state index in [1.54, 1.807) is 6.92 Å². The molecule has 0 aromatic rings.